The van der Waals surface area contributed by atoms with Crippen molar-refractivity contribution in [3.63, 3.8) is 0 Å². The molecule has 0 saturated carbocycles. The van der Waals surface area contributed by atoms with Crippen LogP contribution >= 0.6 is 11.6 Å². The summed E-state index contributed by atoms with van der Waals surface area (Å²) < 4.78 is 6.29. The fourth-order valence-corrected chi connectivity index (χ4v) is 4.77. The lowest BCUT2D eigenvalue weighted by Crippen LogP contribution is -2.44. The van der Waals surface area contributed by atoms with E-state index in [0.717, 1.165) is 42.1 Å². The minimum Gasteiger partial charge on any atom is -0.487 e. The van der Waals surface area contributed by atoms with E-state index in [-0.39, 0.29) is 11.6 Å². The molecule has 3 nitrogen and oxygen atoms in total. The average molecular weight is 371 g/mol. The third-order valence-electron chi connectivity index (χ3n) is 5.68. The number of fused-ring (bicyclic) bond motifs is 1. The molecule has 1 saturated heterocycles. The number of hydrazine groups is 1. The van der Waals surface area contributed by atoms with Gasteiger partial charge in [-0.15, -0.1) is 0 Å². The first-order chi connectivity index (χ1) is 12.4. The number of benzene rings is 2. The van der Waals surface area contributed by atoms with Gasteiger partial charge in [-0.05, 0) is 56.2 Å². The van der Waals surface area contributed by atoms with E-state index >= 15 is 0 Å². The maximum absolute atomic E-state index is 6.45. The van der Waals surface area contributed by atoms with Gasteiger partial charge in [0.05, 0.1) is 6.04 Å². The summed E-state index contributed by atoms with van der Waals surface area (Å²) in [5, 5.41) is 2.84. The van der Waals surface area contributed by atoms with Crippen LogP contribution in [0, 0.1) is 5.92 Å². The van der Waals surface area contributed by atoms with Crippen LogP contribution in [0.1, 0.15) is 49.4 Å². The van der Waals surface area contributed by atoms with Crippen molar-refractivity contribution in [1.29, 1.82) is 0 Å². The van der Waals surface area contributed by atoms with Gasteiger partial charge < -0.3 is 4.74 Å². The first-order valence-corrected chi connectivity index (χ1v) is 9.88. The summed E-state index contributed by atoms with van der Waals surface area (Å²) in [4.78, 5) is 0. The van der Waals surface area contributed by atoms with Gasteiger partial charge in [-0.3, -0.25) is 5.84 Å². The van der Waals surface area contributed by atoms with Gasteiger partial charge in [0.25, 0.3) is 0 Å². The Morgan fingerprint density at radius 3 is 2.73 bits per heavy atom. The number of ether oxygens (including phenoxy) is 1. The predicted molar refractivity (Wildman–Crippen MR) is 106 cm³/mol. The van der Waals surface area contributed by atoms with Crippen LogP contribution in [-0.4, -0.2) is 17.2 Å². The monoisotopic (exact) mass is 370 g/mol. The minimum atomic E-state index is -0.187. The summed E-state index contributed by atoms with van der Waals surface area (Å²) in [6.07, 6.45) is 4.13. The zero-order valence-electron chi connectivity index (χ0n) is 15.5. The van der Waals surface area contributed by atoms with E-state index < -0.39 is 0 Å². The Morgan fingerprint density at radius 2 is 1.96 bits per heavy atom. The molecule has 2 aliphatic rings. The number of nitrogens with zero attached hydrogens (tertiary/aromatic N) is 1. The summed E-state index contributed by atoms with van der Waals surface area (Å²) in [5.41, 5.74) is 3.53. The predicted octanol–water partition coefficient (Wildman–Crippen LogP) is 4.92. The van der Waals surface area contributed by atoms with Crippen LogP contribution < -0.4 is 10.6 Å². The summed E-state index contributed by atoms with van der Waals surface area (Å²) in [5.74, 6) is 7.89. The second-order valence-electron chi connectivity index (χ2n) is 8.25. The minimum absolute atomic E-state index is 0.187. The SMILES string of the molecule is CC1(C)Cc2c(Cl)ccc(C[C@@H]3CCCN(N)[C@@H]3c3ccccc3)c2O1. The van der Waals surface area contributed by atoms with Gasteiger partial charge in [-0.2, -0.15) is 0 Å². The van der Waals surface area contributed by atoms with Gasteiger partial charge in [0, 0.05) is 23.6 Å². The molecule has 2 heterocycles. The molecule has 0 spiro atoms. The lowest BCUT2D eigenvalue weighted by atomic mass is 9.81. The lowest BCUT2D eigenvalue weighted by Gasteiger charge is -2.39. The second-order valence-corrected chi connectivity index (χ2v) is 8.66. The first-order valence-electron chi connectivity index (χ1n) is 9.50. The molecule has 2 atom stereocenters. The normalized spacial score (nSPS) is 24.9. The standard InChI is InChI=1S/C22H27ClN2O/c1-22(2)14-18-19(23)11-10-17(21(18)26-22)13-16-9-6-12-25(24)20(16)15-7-4-3-5-8-15/h3-5,7-8,10-11,16,20H,6,9,12-14,24H2,1-2H3/t16-,20+/m0/s1. The zero-order chi connectivity index (χ0) is 18.3. The Labute approximate surface area is 161 Å². The summed E-state index contributed by atoms with van der Waals surface area (Å²) in [7, 11) is 0. The van der Waals surface area contributed by atoms with Gasteiger partial charge in [0.1, 0.15) is 11.4 Å². The van der Waals surface area contributed by atoms with Gasteiger partial charge in [-0.1, -0.05) is 48.0 Å². The van der Waals surface area contributed by atoms with E-state index in [1.807, 2.05) is 11.1 Å². The van der Waals surface area contributed by atoms with Crippen LogP contribution in [0.15, 0.2) is 42.5 Å². The molecule has 4 rings (SSSR count). The van der Waals surface area contributed by atoms with Crippen molar-refractivity contribution in [2.45, 2.75) is 51.2 Å². The average Bonchev–Trinajstić information content (AvgIpc) is 2.95. The summed E-state index contributed by atoms with van der Waals surface area (Å²) in [6.45, 7) is 5.20. The number of nitrogens with two attached hydrogens (primary N) is 1. The Kier molecular flexibility index (Phi) is 4.72. The molecule has 0 amide bonds. The highest BCUT2D eigenvalue weighted by atomic mass is 35.5. The maximum Gasteiger partial charge on any atom is 0.128 e. The number of piperidine rings is 1. The third kappa shape index (κ3) is 3.36. The molecule has 0 unspecified atom stereocenters. The number of rotatable bonds is 3. The van der Waals surface area contributed by atoms with E-state index in [1.54, 1.807) is 0 Å². The van der Waals surface area contributed by atoms with Crippen molar-refractivity contribution in [2.75, 3.05) is 6.54 Å². The van der Waals surface area contributed by atoms with Crippen molar-refractivity contribution in [3.8, 4) is 5.75 Å². The molecule has 0 bridgehead atoms. The van der Waals surface area contributed by atoms with E-state index in [9.17, 15) is 0 Å². The smallest absolute Gasteiger partial charge is 0.128 e. The molecule has 0 aliphatic carbocycles. The van der Waals surface area contributed by atoms with Crippen molar-refractivity contribution in [3.05, 3.63) is 64.2 Å². The fraction of sp³-hybridized carbons (Fsp3) is 0.455. The van der Waals surface area contributed by atoms with Crippen LogP contribution in [0.3, 0.4) is 0 Å². The Bertz CT molecular complexity index is 790. The van der Waals surface area contributed by atoms with E-state index in [4.69, 9.17) is 22.2 Å². The van der Waals surface area contributed by atoms with Crippen molar-refractivity contribution >= 4 is 11.6 Å². The Balaban J connectivity index is 1.65. The fourth-order valence-electron chi connectivity index (χ4n) is 4.56. The molecule has 2 aliphatic heterocycles. The van der Waals surface area contributed by atoms with Crippen LogP contribution in [0.5, 0.6) is 5.75 Å². The van der Waals surface area contributed by atoms with E-state index in [1.165, 1.54) is 17.5 Å². The molecule has 0 radical (unpaired) electrons. The molecule has 2 aromatic rings. The van der Waals surface area contributed by atoms with Crippen molar-refractivity contribution < 1.29 is 4.74 Å². The van der Waals surface area contributed by atoms with E-state index in [0.29, 0.717) is 5.92 Å². The van der Waals surface area contributed by atoms with E-state index in [2.05, 4.69) is 50.2 Å². The molecular formula is C22H27ClN2O. The van der Waals surface area contributed by atoms with Crippen molar-refractivity contribution in [1.82, 2.24) is 5.01 Å². The van der Waals surface area contributed by atoms with Crippen LogP contribution in [0.4, 0.5) is 0 Å². The molecule has 2 aromatic carbocycles. The molecule has 4 heteroatoms. The third-order valence-corrected chi connectivity index (χ3v) is 6.04. The highest BCUT2D eigenvalue weighted by Crippen LogP contribution is 2.44. The van der Waals surface area contributed by atoms with Gasteiger partial charge in [-0.25, -0.2) is 5.01 Å². The summed E-state index contributed by atoms with van der Waals surface area (Å²) in [6, 6.07) is 15.0. The highest BCUT2D eigenvalue weighted by molar-refractivity contribution is 6.31. The molecule has 2 N–H and O–H groups in total. The number of halogens is 1. The molecule has 138 valence electrons. The van der Waals surface area contributed by atoms with Gasteiger partial charge in [0.15, 0.2) is 0 Å². The highest BCUT2D eigenvalue weighted by Gasteiger charge is 2.36. The number of hydrogen-bond acceptors (Lipinski definition) is 3. The van der Waals surface area contributed by atoms with Crippen LogP contribution in [0.2, 0.25) is 5.02 Å². The van der Waals surface area contributed by atoms with Crippen molar-refractivity contribution in [2.24, 2.45) is 11.8 Å². The van der Waals surface area contributed by atoms with Gasteiger partial charge >= 0.3 is 0 Å². The molecule has 0 aromatic heterocycles. The molecule has 26 heavy (non-hydrogen) atoms. The first kappa shape index (κ1) is 17.8. The topological polar surface area (TPSA) is 38.5 Å². The van der Waals surface area contributed by atoms with Crippen LogP contribution in [-0.2, 0) is 12.8 Å². The van der Waals surface area contributed by atoms with Crippen LogP contribution in [0.25, 0.3) is 0 Å². The molecular weight excluding hydrogens is 344 g/mol. The number of hydrogen-bond donors (Lipinski definition) is 1. The zero-order valence-corrected chi connectivity index (χ0v) is 16.3. The Hall–Kier alpha value is -1.55. The largest absolute Gasteiger partial charge is 0.487 e. The van der Waals surface area contributed by atoms with Gasteiger partial charge in [0.2, 0.25) is 0 Å². The quantitative estimate of drug-likeness (QED) is 0.779. The lowest BCUT2D eigenvalue weighted by molar-refractivity contribution is 0.0909. The summed E-state index contributed by atoms with van der Waals surface area (Å²) >= 11 is 6.45. The Morgan fingerprint density at radius 1 is 1.19 bits per heavy atom. The maximum atomic E-state index is 6.45. The molecule has 1 fully saturated rings. The second kappa shape index (κ2) is 6.88.